The van der Waals surface area contributed by atoms with Gasteiger partial charge >= 0.3 is 0 Å². The van der Waals surface area contributed by atoms with Crippen molar-refractivity contribution in [1.29, 1.82) is 0 Å². The van der Waals surface area contributed by atoms with E-state index < -0.39 is 0 Å². The van der Waals surface area contributed by atoms with Gasteiger partial charge < -0.3 is 9.80 Å². The van der Waals surface area contributed by atoms with Crippen LogP contribution in [0.15, 0.2) is 24.3 Å². The Morgan fingerprint density at radius 1 is 1.12 bits per heavy atom. The molecule has 2 heteroatoms. The Hall–Kier alpha value is -1.02. The Balaban J connectivity index is 2.11. The summed E-state index contributed by atoms with van der Waals surface area (Å²) in [6.45, 7) is 10.3. The van der Waals surface area contributed by atoms with Crippen LogP contribution in [0.3, 0.4) is 0 Å². The molecule has 1 atom stereocenters. The fourth-order valence-corrected chi connectivity index (χ4v) is 2.57. The molecule has 94 valence electrons. The van der Waals surface area contributed by atoms with Crippen molar-refractivity contribution in [3.05, 3.63) is 29.8 Å². The van der Waals surface area contributed by atoms with E-state index in [1.54, 1.807) is 0 Å². The molecule has 0 aliphatic carbocycles. The molecule has 2 rings (SSSR count). The van der Waals surface area contributed by atoms with E-state index in [1.165, 1.54) is 11.3 Å². The molecule has 2 nitrogen and oxygen atoms in total. The molecule has 0 amide bonds. The van der Waals surface area contributed by atoms with E-state index in [0.717, 1.165) is 19.6 Å². The Morgan fingerprint density at radius 2 is 1.76 bits per heavy atom. The van der Waals surface area contributed by atoms with Crippen LogP contribution in [0.1, 0.15) is 32.3 Å². The molecule has 1 aromatic carbocycles. The number of benzene rings is 1. The monoisotopic (exact) mass is 232 g/mol. The van der Waals surface area contributed by atoms with E-state index in [4.69, 9.17) is 0 Å². The summed E-state index contributed by atoms with van der Waals surface area (Å²) >= 11 is 0. The van der Waals surface area contributed by atoms with Crippen LogP contribution in [-0.4, -0.2) is 37.6 Å². The Kier molecular flexibility index (Phi) is 3.72. The van der Waals surface area contributed by atoms with E-state index >= 15 is 0 Å². The van der Waals surface area contributed by atoms with E-state index in [0.29, 0.717) is 12.0 Å². The molecule has 1 heterocycles. The van der Waals surface area contributed by atoms with Gasteiger partial charge in [-0.2, -0.15) is 0 Å². The standard InChI is InChI=1S/C15H24N2/c1-12(2)14-5-7-15(8-6-14)17-10-9-16(4)11-13(17)3/h5-8,12-13H,9-11H2,1-4H3. The molecule has 17 heavy (non-hydrogen) atoms. The van der Waals surface area contributed by atoms with Crippen LogP contribution in [0.2, 0.25) is 0 Å². The lowest BCUT2D eigenvalue weighted by Crippen LogP contribution is -2.50. The van der Waals surface area contributed by atoms with Gasteiger partial charge in [-0.3, -0.25) is 0 Å². The first kappa shape index (κ1) is 12.4. The lowest BCUT2D eigenvalue weighted by molar-refractivity contribution is 0.275. The SMILES string of the molecule is CC(C)c1ccc(N2CCN(C)CC2C)cc1. The fourth-order valence-electron chi connectivity index (χ4n) is 2.57. The van der Waals surface area contributed by atoms with Gasteiger partial charge in [0.25, 0.3) is 0 Å². The molecule has 0 saturated carbocycles. The van der Waals surface area contributed by atoms with Gasteiger partial charge in [0.05, 0.1) is 0 Å². The second kappa shape index (κ2) is 5.09. The topological polar surface area (TPSA) is 6.48 Å². The average Bonchev–Trinajstić information content (AvgIpc) is 2.29. The van der Waals surface area contributed by atoms with Crippen molar-refractivity contribution < 1.29 is 0 Å². The lowest BCUT2D eigenvalue weighted by Gasteiger charge is -2.39. The Bertz CT molecular complexity index is 356. The molecule has 1 unspecified atom stereocenters. The molecule has 0 radical (unpaired) electrons. The van der Waals surface area contributed by atoms with Gasteiger partial charge in [0.15, 0.2) is 0 Å². The maximum absolute atomic E-state index is 2.52. The van der Waals surface area contributed by atoms with E-state index in [-0.39, 0.29) is 0 Å². The largest absolute Gasteiger partial charge is 0.366 e. The van der Waals surface area contributed by atoms with Gasteiger partial charge in [0.1, 0.15) is 0 Å². The normalized spacial score (nSPS) is 22.2. The first-order valence-electron chi connectivity index (χ1n) is 6.63. The summed E-state index contributed by atoms with van der Waals surface area (Å²) in [4.78, 5) is 4.92. The molecule has 0 N–H and O–H groups in total. The number of rotatable bonds is 2. The summed E-state index contributed by atoms with van der Waals surface area (Å²) in [5.74, 6) is 0.619. The van der Waals surface area contributed by atoms with Crippen LogP contribution < -0.4 is 4.90 Å². The highest BCUT2D eigenvalue weighted by Gasteiger charge is 2.21. The summed E-state index contributed by atoms with van der Waals surface area (Å²) in [5.41, 5.74) is 2.80. The number of nitrogens with zero attached hydrogens (tertiary/aromatic N) is 2. The van der Waals surface area contributed by atoms with Crippen molar-refractivity contribution >= 4 is 5.69 Å². The molecule has 1 fully saturated rings. The van der Waals surface area contributed by atoms with Crippen molar-refractivity contribution in [3.63, 3.8) is 0 Å². The van der Waals surface area contributed by atoms with Gasteiger partial charge in [0, 0.05) is 31.4 Å². The summed E-state index contributed by atoms with van der Waals surface area (Å²) in [5, 5.41) is 0. The van der Waals surface area contributed by atoms with Crippen LogP contribution in [0, 0.1) is 0 Å². The van der Waals surface area contributed by atoms with Crippen LogP contribution in [-0.2, 0) is 0 Å². The molecule has 0 bridgehead atoms. The third-order valence-corrected chi connectivity index (χ3v) is 3.72. The third-order valence-electron chi connectivity index (χ3n) is 3.72. The summed E-state index contributed by atoms with van der Waals surface area (Å²) < 4.78 is 0. The minimum atomic E-state index is 0.610. The number of piperazine rings is 1. The quantitative estimate of drug-likeness (QED) is 0.773. The molecule has 1 aliphatic rings. The maximum atomic E-state index is 2.52. The maximum Gasteiger partial charge on any atom is 0.0389 e. The van der Waals surface area contributed by atoms with Crippen LogP contribution in [0.5, 0.6) is 0 Å². The number of hydrogen-bond donors (Lipinski definition) is 0. The molecule has 0 aromatic heterocycles. The Labute approximate surface area is 105 Å². The van der Waals surface area contributed by atoms with E-state index in [9.17, 15) is 0 Å². The highest BCUT2D eigenvalue weighted by molar-refractivity contribution is 5.49. The predicted molar refractivity (Wildman–Crippen MR) is 74.8 cm³/mol. The second-order valence-electron chi connectivity index (χ2n) is 5.55. The van der Waals surface area contributed by atoms with Gasteiger partial charge in [-0.15, -0.1) is 0 Å². The molecular weight excluding hydrogens is 208 g/mol. The zero-order valence-corrected chi connectivity index (χ0v) is 11.5. The van der Waals surface area contributed by atoms with Crippen LogP contribution in [0.25, 0.3) is 0 Å². The van der Waals surface area contributed by atoms with Crippen molar-refractivity contribution in [2.75, 3.05) is 31.6 Å². The molecule has 0 spiro atoms. The highest BCUT2D eigenvalue weighted by Crippen LogP contribution is 2.23. The predicted octanol–water partition coefficient (Wildman–Crippen LogP) is 2.95. The van der Waals surface area contributed by atoms with Gasteiger partial charge in [-0.05, 0) is 37.6 Å². The Morgan fingerprint density at radius 3 is 2.29 bits per heavy atom. The second-order valence-corrected chi connectivity index (χ2v) is 5.55. The first-order chi connectivity index (χ1) is 8.08. The minimum absolute atomic E-state index is 0.610. The van der Waals surface area contributed by atoms with Gasteiger partial charge in [0.2, 0.25) is 0 Å². The van der Waals surface area contributed by atoms with Crippen molar-refractivity contribution in [1.82, 2.24) is 4.90 Å². The molecule has 1 aliphatic heterocycles. The first-order valence-corrected chi connectivity index (χ1v) is 6.63. The molecular formula is C15H24N2. The lowest BCUT2D eigenvalue weighted by atomic mass is 10.0. The van der Waals surface area contributed by atoms with Gasteiger partial charge in [-0.1, -0.05) is 26.0 Å². The zero-order valence-electron chi connectivity index (χ0n) is 11.5. The number of hydrogen-bond acceptors (Lipinski definition) is 2. The van der Waals surface area contributed by atoms with Gasteiger partial charge in [-0.25, -0.2) is 0 Å². The van der Waals surface area contributed by atoms with Crippen molar-refractivity contribution in [2.24, 2.45) is 0 Å². The minimum Gasteiger partial charge on any atom is -0.366 e. The number of anilines is 1. The van der Waals surface area contributed by atoms with Crippen LogP contribution >= 0.6 is 0 Å². The zero-order chi connectivity index (χ0) is 12.4. The molecule has 1 saturated heterocycles. The van der Waals surface area contributed by atoms with E-state index in [2.05, 4.69) is 61.9 Å². The summed E-state index contributed by atoms with van der Waals surface area (Å²) in [6.07, 6.45) is 0. The highest BCUT2D eigenvalue weighted by atomic mass is 15.3. The molecule has 1 aromatic rings. The van der Waals surface area contributed by atoms with Crippen molar-refractivity contribution in [3.8, 4) is 0 Å². The third kappa shape index (κ3) is 2.81. The summed E-state index contributed by atoms with van der Waals surface area (Å²) in [6, 6.07) is 9.70. The van der Waals surface area contributed by atoms with Crippen molar-refractivity contribution in [2.45, 2.75) is 32.7 Å². The van der Waals surface area contributed by atoms with E-state index in [1.807, 2.05) is 0 Å². The number of likely N-dealkylation sites (N-methyl/N-ethyl adjacent to an activating group) is 1. The average molecular weight is 232 g/mol. The fraction of sp³-hybridized carbons (Fsp3) is 0.600. The van der Waals surface area contributed by atoms with Crippen LogP contribution in [0.4, 0.5) is 5.69 Å². The summed E-state index contributed by atoms with van der Waals surface area (Å²) in [7, 11) is 2.20. The smallest absolute Gasteiger partial charge is 0.0389 e.